The average Bonchev–Trinajstić information content (AvgIpc) is 3.13. The Morgan fingerprint density at radius 1 is 1.14 bits per heavy atom. The van der Waals surface area contributed by atoms with Gasteiger partial charge in [0.05, 0.1) is 5.70 Å². The van der Waals surface area contributed by atoms with E-state index in [0.717, 1.165) is 35.4 Å². The minimum Gasteiger partial charge on any atom is -0.324 e. The number of amides is 2. The molecule has 29 heavy (non-hydrogen) atoms. The molecule has 0 aromatic heterocycles. The van der Waals surface area contributed by atoms with Gasteiger partial charge in [-0.1, -0.05) is 55.8 Å². The SMILES string of the molecule is CC(C)c1ccccc1NC(=O)N1CCC2(C=C(c3ccc(Cl)cc3)NO2)CC1. The minimum atomic E-state index is -0.373. The summed E-state index contributed by atoms with van der Waals surface area (Å²) in [5.74, 6) is 0.352. The predicted octanol–water partition coefficient (Wildman–Crippen LogP) is 5.41. The fourth-order valence-corrected chi connectivity index (χ4v) is 4.02. The lowest BCUT2D eigenvalue weighted by atomic mass is 9.90. The van der Waals surface area contributed by atoms with Gasteiger partial charge in [0.2, 0.25) is 0 Å². The lowest BCUT2D eigenvalue weighted by Crippen LogP contribution is -2.48. The molecular weight excluding hydrogens is 386 g/mol. The van der Waals surface area contributed by atoms with E-state index >= 15 is 0 Å². The molecule has 2 aliphatic heterocycles. The van der Waals surface area contributed by atoms with Crippen molar-refractivity contribution in [1.29, 1.82) is 0 Å². The maximum atomic E-state index is 12.8. The lowest BCUT2D eigenvalue weighted by Gasteiger charge is -2.36. The summed E-state index contributed by atoms with van der Waals surface area (Å²) in [6.07, 6.45) is 3.63. The molecule has 1 fully saturated rings. The Balaban J connectivity index is 1.39. The van der Waals surface area contributed by atoms with Crippen LogP contribution in [0.25, 0.3) is 5.70 Å². The fraction of sp³-hybridized carbons (Fsp3) is 0.348. The van der Waals surface area contributed by atoms with Gasteiger partial charge in [0.1, 0.15) is 5.60 Å². The van der Waals surface area contributed by atoms with E-state index in [1.54, 1.807) is 0 Å². The van der Waals surface area contributed by atoms with E-state index in [9.17, 15) is 4.79 Å². The number of nitrogens with one attached hydrogen (secondary N) is 2. The highest BCUT2D eigenvalue weighted by Gasteiger charge is 2.40. The molecule has 0 saturated carbocycles. The monoisotopic (exact) mass is 411 g/mol. The van der Waals surface area contributed by atoms with Gasteiger partial charge in [-0.15, -0.1) is 0 Å². The number of likely N-dealkylation sites (tertiary alicyclic amines) is 1. The number of rotatable bonds is 3. The summed E-state index contributed by atoms with van der Waals surface area (Å²) in [6, 6.07) is 15.6. The van der Waals surface area contributed by atoms with Crippen LogP contribution in [0.4, 0.5) is 10.5 Å². The van der Waals surface area contributed by atoms with Gasteiger partial charge in [-0.3, -0.25) is 10.3 Å². The van der Waals surface area contributed by atoms with E-state index in [1.165, 1.54) is 0 Å². The van der Waals surface area contributed by atoms with Crippen molar-refractivity contribution in [3.8, 4) is 0 Å². The number of hydrogen-bond donors (Lipinski definition) is 2. The highest BCUT2D eigenvalue weighted by Crippen LogP contribution is 2.35. The quantitative estimate of drug-likeness (QED) is 0.710. The average molecular weight is 412 g/mol. The topological polar surface area (TPSA) is 53.6 Å². The molecule has 5 nitrogen and oxygen atoms in total. The number of nitrogens with zero attached hydrogens (tertiary/aromatic N) is 1. The summed E-state index contributed by atoms with van der Waals surface area (Å²) in [4.78, 5) is 20.6. The molecule has 0 aliphatic carbocycles. The Bertz CT molecular complexity index is 916. The number of anilines is 1. The Morgan fingerprint density at radius 3 is 2.52 bits per heavy atom. The highest BCUT2D eigenvalue weighted by atomic mass is 35.5. The van der Waals surface area contributed by atoms with Gasteiger partial charge in [0.25, 0.3) is 0 Å². The third kappa shape index (κ3) is 4.26. The third-order valence-corrected chi connectivity index (χ3v) is 5.90. The number of halogens is 1. The van der Waals surface area contributed by atoms with Crippen LogP contribution in [0.1, 0.15) is 43.7 Å². The van der Waals surface area contributed by atoms with E-state index in [0.29, 0.717) is 24.0 Å². The smallest absolute Gasteiger partial charge is 0.321 e. The number of hydroxylamine groups is 1. The zero-order valence-electron chi connectivity index (χ0n) is 16.7. The number of hydrogen-bond acceptors (Lipinski definition) is 3. The Hall–Kier alpha value is -2.50. The summed E-state index contributed by atoms with van der Waals surface area (Å²) < 4.78 is 0. The van der Waals surface area contributed by atoms with Crippen molar-refractivity contribution in [2.45, 2.75) is 38.2 Å². The van der Waals surface area contributed by atoms with Crippen LogP contribution in [-0.4, -0.2) is 29.6 Å². The van der Waals surface area contributed by atoms with Crippen LogP contribution in [0.2, 0.25) is 5.02 Å². The highest BCUT2D eigenvalue weighted by molar-refractivity contribution is 6.30. The first-order chi connectivity index (χ1) is 14.0. The molecule has 152 valence electrons. The van der Waals surface area contributed by atoms with E-state index < -0.39 is 0 Å². The number of para-hydroxylation sites is 1. The van der Waals surface area contributed by atoms with Crippen LogP contribution >= 0.6 is 11.6 Å². The summed E-state index contributed by atoms with van der Waals surface area (Å²) >= 11 is 5.98. The summed E-state index contributed by atoms with van der Waals surface area (Å²) in [5, 5.41) is 3.79. The molecule has 2 aliphatic rings. The van der Waals surface area contributed by atoms with Crippen LogP contribution in [0.15, 0.2) is 54.6 Å². The first-order valence-corrected chi connectivity index (χ1v) is 10.4. The Kier molecular flexibility index (Phi) is 5.52. The second-order valence-electron chi connectivity index (χ2n) is 7.99. The van der Waals surface area contributed by atoms with Crippen molar-refractivity contribution in [1.82, 2.24) is 10.4 Å². The first kappa shape index (κ1) is 19.8. The van der Waals surface area contributed by atoms with Crippen molar-refractivity contribution in [3.05, 3.63) is 70.8 Å². The van der Waals surface area contributed by atoms with E-state index in [1.807, 2.05) is 47.4 Å². The zero-order valence-corrected chi connectivity index (χ0v) is 17.5. The fourth-order valence-electron chi connectivity index (χ4n) is 3.89. The molecule has 0 unspecified atom stereocenters. The molecule has 1 saturated heterocycles. The van der Waals surface area contributed by atoms with Gasteiger partial charge < -0.3 is 10.2 Å². The van der Waals surface area contributed by atoms with E-state index in [2.05, 4.69) is 36.8 Å². The second kappa shape index (κ2) is 8.09. The molecule has 2 N–H and O–H groups in total. The minimum absolute atomic E-state index is 0.0548. The molecule has 2 heterocycles. The molecule has 4 rings (SSSR count). The molecule has 0 atom stereocenters. The van der Waals surface area contributed by atoms with Crippen molar-refractivity contribution >= 4 is 29.0 Å². The lowest BCUT2D eigenvalue weighted by molar-refractivity contribution is -0.0634. The zero-order chi connectivity index (χ0) is 20.4. The maximum Gasteiger partial charge on any atom is 0.321 e. The normalized spacial score (nSPS) is 17.9. The van der Waals surface area contributed by atoms with E-state index in [-0.39, 0.29) is 11.6 Å². The first-order valence-electron chi connectivity index (χ1n) is 10.0. The van der Waals surface area contributed by atoms with Gasteiger partial charge in [-0.25, -0.2) is 4.79 Å². The molecule has 0 radical (unpaired) electrons. The Morgan fingerprint density at radius 2 is 1.83 bits per heavy atom. The van der Waals surface area contributed by atoms with Gasteiger partial charge in [0, 0.05) is 36.6 Å². The summed E-state index contributed by atoms with van der Waals surface area (Å²) in [7, 11) is 0. The van der Waals surface area contributed by atoms with Gasteiger partial charge >= 0.3 is 6.03 Å². The molecule has 6 heteroatoms. The van der Waals surface area contributed by atoms with Crippen LogP contribution in [0.3, 0.4) is 0 Å². The van der Waals surface area contributed by atoms with Crippen LogP contribution in [-0.2, 0) is 4.84 Å². The summed E-state index contributed by atoms with van der Waals surface area (Å²) in [6.45, 7) is 5.54. The van der Waals surface area contributed by atoms with Crippen LogP contribution in [0.5, 0.6) is 0 Å². The Labute approximate surface area is 176 Å². The van der Waals surface area contributed by atoms with Gasteiger partial charge in [0.15, 0.2) is 0 Å². The number of carbonyl (C=O) groups excluding carboxylic acids is 1. The molecule has 2 aromatic carbocycles. The van der Waals surface area contributed by atoms with E-state index in [4.69, 9.17) is 16.4 Å². The van der Waals surface area contributed by atoms with Crippen LogP contribution in [0, 0.1) is 0 Å². The molecule has 2 amide bonds. The number of carbonyl (C=O) groups is 1. The molecular formula is C23H26ClN3O2. The van der Waals surface area contributed by atoms with Crippen LogP contribution < -0.4 is 10.8 Å². The number of urea groups is 1. The molecule has 1 spiro atoms. The van der Waals surface area contributed by atoms with Crippen molar-refractivity contribution in [3.63, 3.8) is 0 Å². The number of benzene rings is 2. The van der Waals surface area contributed by atoms with Gasteiger partial charge in [-0.2, -0.15) is 0 Å². The van der Waals surface area contributed by atoms with Crippen molar-refractivity contribution < 1.29 is 9.63 Å². The van der Waals surface area contributed by atoms with Crippen molar-refractivity contribution in [2.24, 2.45) is 0 Å². The maximum absolute atomic E-state index is 12.8. The van der Waals surface area contributed by atoms with Gasteiger partial charge in [-0.05, 0) is 41.3 Å². The summed E-state index contributed by atoms with van der Waals surface area (Å²) in [5.41, 5.74) is 6.70. The predicted molar refractivity (Wildman–Crippen MR) is 117 cm³/mol. The molecule has 0 bridgehead atoms. The standard InChI is InChI=1S/C23H26ClN3O2/c1-16(2)19-5-3-4-6-20(19)25-22(28)27-13-11-23(12-14-27)15-21(26-29-23)17-7-9-18(24)10-8-17/h3-10,15-16,26H,11-14H2,1-2H3,(H,25,28). The number of piperidine rings is 1. The largest absolute Gasteiger partial charge is 0.324 e. The van der Waals surface area contributed by atoms with Crippen molar-refractivity contribution in [2.75, 3.05) is 18.4 Å². The molecule has 2 aromatic rings. The third-order valence-electron chi connectivity index (χ3n) is 5.65. The second-order valence-corrected chi connectivity index (χ2v) is 8.43.